The van der Waals surface area contributed by atoms with E-state index in [1.807, 2.05) is 32.0 Å². The normalized spacial score (nSPS) is 16.5. The Hall–Kier alpha value is -3.22. The number of carbonyl (C=O) groups is 2. The maximum Gasteiger partial charge on any atom is 0.274 e. The first-order valence-electron chi connectivity index (χ1n) is 8.70. The van der Waals surface area contributed by atoms with Crippen LogP contribution < -0.4 is 10.2 Å². The van der Waals surface area contributed by atoms with Crippen LogP contribution in [0.1, 0.15) is 23.1 Å². The molecule has 0 aromatic heterocycles. The molecule has 0 bridgehead atoms. The minimum absolute atomic E-state index is 0.0488. The molecule has 27 heavy (non-hydrogen) atoms. The summed E-state index contributed by atoms with van der Waals surface area (Å²) in [6.07, 6.45) is 0.118. The highest BCUT2D eigenvalue weighted by molar-refractivity contribution is 6.04. The molecule has 1 aliphatic rings. The minimum atomic E-state index is -0.502. The molecule has 0 unspecified atom stereocenters. The number of anilines is 2. The molecule has 0 saturated carbocycles. The van der Waals surface area contributed by atoms with Gasteiger partial charge < -0.3 is 10.2 Å². The monoisotopic (exact) mass is 367 g/mol. The van der Waals surface area contributed by atoms with Gasteiger partial charge in [0.05, 0.1) is 10.8 Å². The molecular formula is C20H21N3O4. The molecule has 1 atom stereocenters. The van der Waals surface area contributed by atoms with Gasteiger partial charge in [0, 0.05) is 36.0 Å². The SMILES string of the molecule is Cc1ccc(NC(=O)[C@H]2CC(=O)N(c3cccc(C)c3C)C2)cc1[N+](=O)[O-]. The fraction of sp³-hybridized carbons (Fsp3) is 0.300. The Bertz CT molecular complexity index is 939. The zero-order chi connectivity index (χ0) is 19.7. The third-order valence-corrected chi connectivity index (χ3v) is 5.04. The zero-order valence-corrected chi connectivity index (χ0v) is 15.5. The van der Waals surface area contributed by atoms with E-state index in [1.165, 1.54) is 6.07 Å². The highest BCUT2D eigenvalue weighted by Gasteiger charge is 2.36. The second kappa shape index (κ2) is 7.19. The lowest BCUT2D eigenvalue weighted by Gasteiger charge is -2.20. The molecular weight excluding hydrogens is 346 g/mol. The van der Waals surface area contributed by atoms with Crippen molar-refractivity contribution in [3.8, 4) is 0 Å². The smallest absolute Gasteiger partial charge is 0.274 e. The summed E-state index contributed by atoms with van der Waals surface area (Å²) in [6, 6.07) is 10.3. The van der Waals surface area contributed by atoms with Gasteiger partial charge in [0.1, 0.15) is 0 Å². The lowest BCUT2D eigenvalue weighted by Crippen LogP contribution is -2.28. The summed E-state index contributed by atoms with van der Waals surface area (Å²) in [4.78, 5) is 37.3. The maximum atomic E-state index is 12.6. The zero-order valence-electron chi connectivity index (χ0n) is 15.5. The molecule has 1 N–H and O–H groups in total. The Balaban J connectivity index is 1.76. The summed E-state index contributed by atoms with van der Waals surface area (Å²) in [5.41, 5.74) is 3.75. The van der Waals surface area contributed by atoms with E-state index in [4.69, 9.17) is 0 Å². The molecule has 1 aliphatic heterocycles. The molecule has 2 amide bonds. The van der Waals surface area contributed by atoms with Gasteiger partial charge >= 0.3 is 0 Å². The Kier molecular flexibility index (Phi) is 4.94. The van der Waals surface area contributed by atoms with E-state index in [2.05, 4.69) is 5.32 Å². The van der Waals surface area contributed by atoms with Crippen LogP contribution in [0, 0.1) is 36.8 Å². The van der Waals surface area contributed by atoms with Crippen molar-refractivity contribution >= 4 is 28.9 Å². The molecule has 1 heterocycles. The number of carbonyl (C=O) groups excluding carboxylic acids is 2. The molecule has 7 heteroatoms. The summed E-state index contributed by atoms with van der Waals surface area (Å²) in [6.45, 7) is 5.87. The number of aryl methyl sites for hydroxylation is 2. The van der Waals surface area contributed by atoms with Crippen molar-refractivity contribution in [3.05, 3.63) is 63.2 Å². The molecule has 0 spiro atoms. The Labute approximate surface area is 157 Å². The van der Waals surface area contributed by atoms with Crippen LogP contribution >= 0.6 is 0 Å². The number of hydrogen-bond acceptors (Lipinski definition) is 4. The number of rotatable bonds is 4. The van der Waals surface area contributed by atoms with Crippen molar-refractivity contribution in [3.63, 3.8) is 0 Å². The number of nitrogens with one attached hydrogen (secondary N) is 1. The number of nitro benzene ring substituents is 1. The van der Waals surface area contributed by atoms with Crippen molar-refractivity contribution in [2.45, 2.75) is 27.2 Å². The van der Waals surface area contributed by atoms with Gasteiger partial charge in [0.2, 0.25) is 11.8 Å². The first-order valence-corrected chi connectivity index (χ1v) is 8.70. The average molecular weight is 367 g/mol. The molecule has 7 nitrogen and oxygen atoms in total. The van der Waals surface area contributed by atoms with Crippen LogP contribution in [0.2, 0.25) is 0 Å². The number of benzene rings is 2. The lowest BCUT2D eigenvalue weighted by molar-refractivity contribution is -0.385. The number of nitrogens with zero attached hydrogens (tertiary/aromatic N) is 2. The summed E-state index contributed by atoms with van der Waals surface area (Å²) < 4.78 is 0. The Morgan fingerprint density at radius 1 is 1.19 bits per heavy atom. The summed E-state index contributed by atoms with van der Waals surface area (Å²) in [7, 11) is 0. The molecule has 0 radical (unpaired) electrons. The molecule has 0 aliphatic carbocycles. The van der Waals surface area contributed by atoms with Crippen molar-refractivity contribution in [2.75, 3.05) is 16.8 Å². The molecule has 1 fully saturated rings. The third-order valence-electron chi connectivity index (χ3n) is 5.04. The highest BCUT2D eigenvalue weighted by atomic mass is 16.6. The second-order valence-corrected chi connectivity index (χ2v) is 6.87. The van der Waals surface area contributed by atoms with Crippen molar-refractivity contribution in [1.29, 1.82) is 0 Å². The van der Waals surface area contributed by atoms with Gasteiger partial charge in [0.15, 0.2) is 0 Å². The van der Waals surface area contributed by atoms with Gasteiger partial charge in [-0.1, -0.05) is 18.2 Å². The van der Waals surface area contributed by atoms with Crippen LogP contribution in [0.5, 0.6) is 0 Å². The molecule has 140 valence electrons. The molecule has 2 aromatic carbocycles. The van der Waals surface area contributed by atoms with E-state index >= 15 is 0 Å². The van der Waals surface area contributed by atoms with Gasteiger partial charge in [-0.15, -0.1) is 0 Å². The van der Waals surface area contributed by atoms with E-state index in [1.54, 1.807) is 24.0 Å². The predicted molar refractivity (Wildman–Crippen MR) is 103 cm³/mol. The summed E-state index contributed by atoms with van der Waals surface area (Å²) >= 11 is 0. The fourth-order valence-electron chi connectivity index (χ4n) is 3.27. The topological polar surface area (TPSA) is 92.6 Å². The summed E-state index contributed by atoms with van der Waals surface area (Å²) in [5, 5.41) is 13.8. The first kappa shape index (κ1) is 18.6. The number of amides is 2. The van der Waals surface area contributed by atoms with Gasteiger partial charge in [-0.2, -0.15) is 0 Å². The van der Waals surface area contributed by atoms with E-state index in [0.29, 0.717) is 17.8 Å². The Morgan fingerprint density at radius 2 is 1.93 bits per heavy atom. The summed E-state index contributed by atoms with van der Waals surface area (Å²) in [5.74, 6) is -0.911. The van der Waals surface area contributed by atoms with Crippen LogP contribution in [0.25, 0.3) is 0 Å². The van der Waals surface area contributed by atoms with Gasteiger partial charge in [-0.05, 0) is 44.0 Å². The van der Waals surface area contributed by atoms with Gasteiger partial charge in [-0.25, -0.2) is 0 Å². The predicted octanol–water partition coefficient (Wildman–Crippen LogP) is 3.51. The van der Waals surface area contributed by atoms with Crippen molar-refractivity contribution in [1.82, 2.24) is 0 Å². The quantitative estimate of drug-likeness (QED) is 0.661. The van der Waals surface area contributed by atoms with Crippen LogP contribution in [0.4, 0.5) is 17.1 Å². The van der Waals surface area contributed by atoms with E-state index < -0.39 is 10.8 Å². The first-order chi connectivity index (χ1) is 12.8. The third kappa shape index (κ3) is 3.67. The molecule has 2 aromatic rings. The van der Waals surface area contributed by atoms with Gasteiger partial charge in [0.25, 0.3) is 5.69 Å². The highest BCUT2D eigenvalue weighted by Crippen LogP contribution is 2.30. The second-order valence-electron chi connectivity index (χ2n) is 6.87. The largest absolute Gasteiger partial charge is 0.326 e. The van der Waals surface area contributed by atoms with Crippen LogP contribution in [-0.2, 0) is 9.59 Å². The van der Waals surface area contributed by atoms with Crippen molar-refractivity contribution in [2.24, 2.45) is 5.92 Å². The van der Waals surface area contributed by atoms with Gasteiger partial charge in [-0.3, -0.25) is 19.7 Å². The molecule has 3 rings (SSSR count). The van der Waals surface area contributed by atoms with Crippen LogP contribution in [0.3, 0.4) is 0 Å². The standard InChI is InChI=1S/C20H21N3O4/c1-12-5-4-6-17(14(12)3)22-11-15(9-19(22)24)20(25)21-16-8-7-13(2)18(10-16)23(26)27/h4-8,10,15H,9,11H2,1-3H3,(H,21,25)/t15-/m0/s1. The van der Waals surface area contributed by atoms with Crippen molar-refractivity contribution < 1.29 is 14.5 Å². The Morgan fingerprint density at radius 3 is 2.63 bits per heavy atom. The van der Waals surface area contributed by atoms with Crippen LogP contribution in [-0.4, -0.2) is 23.3 Å². The number of hydrogen-bond donors (Lipinski definition) is 1. The fourth-order valence-corrected chi connectivity index (χ4v) is 3.27. The minimum Gasteiger partial charge on any atom is -0.326 e. The van der Waals surface area contributed by atoms with E-state index in [9.17, 15) is 19.7 Å². The van der Waals surface area contributed by atoms with Crippen LogP contribution in [0.15, 0.2) is 36.4 Å². The lowest BCUT2D eigenvalue weighted by atomic mass is 10.1. The number of nitro groups is 1. The maximum absolute atomic E-state index is 12.6. The molecule has 1 saturated heterocycles. The van der Waals surface area contributed by atoms with E-state index in [0.717, 1.165) is 16.8 Å². The van der Waals surface area contributed by atoms with E-state index in [-0.39, 0.29) is 23.9 Å². The average Bonchev–Trinajstić information content (AvgIpc) is 3.00.